The van der Waals surface area contributed by atoms with Gasteiger partial charge in [0.25, 0.3) is 5.91 Å². The molecule has 1 saturated heterocycles. The minimum absolute atomic E-state index is 0.0212. The van der Waals surface area contributed by atoms with Gasteiger partial charge in [0.15, 0.2) is 10.1 Å². The highest BCUT2D eigenvalue weighted by atomic mass is 32.2. The average Bonchev–Trinajstić information content (AvgIpc) is 3.13. The Morgan fingerprint density at radius 3 is 2.65 bits per heavy atom. The van der Waals surface area contributed by atoms with Gasteiger partial charge in [-0.15, -0.1) is 0 Å². The van der Waals surface area contributed by atoms with Gasteiger partial charge in [-0.05, 0) is 19.1 Å². The van der Waals surface area contributed by atoms with Crippen LogP contribution in [-0.4, -0.2) is 33.0 Å². The Morgan fingerprint density at radius 2 is 2.04 bits per heavy atom. The summed E-state index contributed by atoms with van der Waals surface area (Å²) in [4.78, 5) is 22.8. The third-order valence-electron chi connectivity index (χ3n) is 3.23. The van der Waals surface area contributed by atoms with E-state index >= 15 is 0 Å². The monoisotopic (exact) mass is 344 g/mol. The van der Waals surface area contributed by atoms with E-state index in [0.29, 0.717) is 27.2 Å². The summed E-state index contributed by atoms with van der Waals surface area (Å²) in [6.45, 7) is 1.53. The molecule has 2 aromatic rings. The lowest BCUT2D eigenvalue weighted by molar-refractivity contribution is -0.123. The summed E-state index contributed by atoms with van der Waals surface area (Å²) >= 11 is 6.33. The van der Waals surface area contributed by atoms with Crippen LogP contribution in [0.2, 0.25) is 0 Å². The van der Waals surface area contributed by atoms with E-state index in [4.69, 9.17) is 16.6 Å². The lowest BCUT2D eigenvalue weighted by Crippen LogP contribution is -2.22. The van der Waals surface area contributed by atoms with Crippen molar-refractivity contribution in [1.29, 1.82) is 0 Å². The molecule has 0 spiro atoms. The second kappa shape index (κ2) is 6.47. The standard InChI is InChI=1S/C16H12N2O3S2/c1-10(19)11-2-4-12(5-3-11)14-7-6-13(21-14)8-17-18-15(20)9-23-16(18)22/h2-8H,9H2,1H3/b17-8+. The molecule has 0 bridgehead atoms. The van der Waals surface area contributed by atoms with Gasteiger partial charge in [0.2, 0.25) is 0 Å². The van der Waals surface area contributed by atoms with E-state index < -0.39 is 0 Å². The average molecular weight is 344 g/mol. The molecule has 1 aromatic carbocycles. The number of nitrogens with zero attached hydrogens (tertiary/aromatic N) is 2. The molecule has 0 aliphatic carbocycles. The number of carbonyl (C=O) groups excluding carboxylic acids is 2. The molecule has 1 aliphatic heterocycles. The zero-order valence-electron chi connectivity index (χ0n) is 12.2. The van der Waals surface area contributed by atoms with Crippen molar-refractivity contribution in [3.8, 4) is 11.3 Å². The number of amides is 1. The summed E-state index contributed by atoms with van der Waals surface area (Å²) in [5.74, 6) is 1.38. The number of thiocarbonyl (C=S) groups is 1. The molecule has 116 valence electrons. The summed E-state index contributed by atoms with van der Waals surface area (Å²) in [7, 11) is 0. The van der Waals surface area contributed by atoms with E-state index in [2.05, 4.69) is 5.10 Å². The molecule has 0 unspecified atom stereocenters. The molecule has 0 saturated carbocycles. The van der Waals surface area contributed by atoms with Crippen LogP contribution >= 0.6 is 24.0 Å². The first-order valence-electron chi connectivity index (χ1n) is 6.79. The number of benzene rings is 1. The summed E-state index contributed by atoms with van der Waals surface area (Å²) in [6.07, 6.45) is 1.46. The fourth-order valence-electron chi connectivity index (χ4n) is 2.02. The summed E-state index contributed by atoms with van der Waals surface area (Å²) in [6, 6.07) is 10.7. The highest BCUT2D eigenvalue weighted by Crippen LogP contribution is 2.23. The largest absolute Gasteiger partial charge is 0.455 e. The van der Waals surface area contributed by atoms with E-state index in [1.807, 2.05) is 18.2 Å². The summed E-state index contributed by atoms with van der Waals surface area (Å²) < 4.78 is 6.12. The molecule has 1 aromatic heterocycles. The maximum Gasteiger partial charge on any atom is 0.259 e. The predicted octanol–water partition coefficient (Wildman–Crippen LogP) is 3.34. The van der Waals surface area contributed by atoms with Crippen LogP contribution in [-0.2, 0) is 4.79 Å². The normalized spacial score (nSPS) is 14.9. The van der Waals surface area contributed by atoms with E-state index in [-0.39, 0.29) is 11.7 Å². The quantitative estimate of drug-likeness (QED) is 0.483. The van der Waals surface area contributed by atoms with E-state index in [1.54, 1.807) is 18.2 Å². The number of ketones is 1. The molecule has 3 rings (SSSR count). The Hall–Kier alpha value is -2.25. The van der Waals surface area contributed by atoms with Gasteiger partial charge in [0.1, 0.15) is 11.5 Å². The molecule has 7 heteroatoms. The fraction of sp³-hybridized carbons (Fsp3) is 0.125. The van der Waals surface area contributed by atoms with Crippen molar-refractivity contribution < 1.29 is 14.0 Å². The van der Waals surface area contributed by atoms with Crippen LogP contribution in [0.1, 0.15) is 23.0 Å². The molecule has 0 atom stereocenters. The summed E-state index contributed by atoms with van der Waals surface area (Å²) in [5, 5.41) is 5.26. The third kappa shape index (κ3) is 3.40. The van der Waals surface area contributed by atoms with Crippen molar-refractivity contribution in [3.05, 3.63) is 47.7 Å². The van der Waals surface area contributed by atoms with E-state index in [9.17, 15) is 9.59 Å². The van der Waals surface area contributed by atoms with Gasteiger partial charge in [-0.2, -0.15) is 10.1 Å². The highest BCUT2D eigenvalue weighted by Gasteiger charge is 2.26. The zero-order chi connectivity index (χ0) is 16.4. The molecule has 1 aliphatic rings. The van der Waals surface area contributed by atoms with Gasteiger partial charge < -0.3 is 4.42 Å². The third-order valence-corrected chi connectivity index (χ3v) is 4.57. The fourth-order valence-corrected chi connectivity index (χ4v) is 2.99. The molecule has 23 heavy (non-hydrogen) atoms. The van der Waals surface area contributed by atoms with Crippen LogP contribution < -0.4 is 0 Å². The molecule has 0 N–H and O–H groups in total. The molecular formula is C16H12N2O3S2. The summed E-state index contributed by atoms with van der Waals surface area (Å²) in [5.41, 5.74) is 1.51. The minimum Gasteiger partial charge on any atom is -0.455 e. The first-order valence-corrected chi connectivity index (χ1v) is 8.19. The Kier molecular flexibility index (Phi) is 4.40. The van der Waals surface area contributed by atoms with Gasteiger partial charge in [-0.1, -0.05) is 48.2 Å². The van der Waals surface area contributed by atoms with Crippen LogP contribution in [0.25, 0.3) is 11.3 Å². The number of carbonyl (C=O) groups is 2. The van der Waals surface area contributed by atoms with Crippen molar-refractivity contribution >= 4 is 46.2 Å². The SMILES string of the molecule is CC(=O)c1ccc(-c2ccc(/C=N/N3C(=O)CSC3=S)o2)cc1. The minimum atomic E-state index is -0.136. The van der Waals surface area contributed by atoms with Crippen molar-refractivity contribution in [2.24, 2.45) is 5.10 Å². The van der Waals surface area contributed by atoms with Crippen molar-refractivity contribution in [2.75, 3.05) is 5.75 Å². The van der Waals surface area contributed by atoms with Gasteiger partial charge in [0, 0.05) is 11.1 Å². The van der Waals surface area contributed by atoms with Crippen molar-refractivity contribution in [2.45, 2.75) is 6.92 Å². The number of furan rings is 1. The van der Waals surface area contributed by atoms with Crippen LogP contribution in [0.3, 0.4) is 0 Å². The van der Waals surface area contributed by atoms with Crippen molar-refractivity contribution in [3.63, 3.8) is 0 Å². The maximum absolute atomic E-state index is 11.6. The number of thioether (sulfide) groups is 1. The Balaban J connectivity index is 1.76. The van der Waals surface area contributed by atoms with Crippen LogP contribution in [0.5, 0.6) is 0 Å². The molecule has 5 nitrogen and oxygen atoms in total. The van der Waals surface area contributed by atoms with Crippen LogP contribution in [0.4, 0.5) is 0 Å². The van der Waals surface area contributed by atoms with Gasteiger partial charge >= 0.3 is 0 Å². The number of hydrogen-bond acceptors (Lipinski definition) is 6. The number of rotatable bonds is 4. The van der Waals surface area contributed by atoms with Gasteiger partial charge in [0.05, 0.1) is 12.0 Å². The zero-order valence-corrected chi connectivity index (χ0v) is 13.8. The molecular weight excluding hydrogens is 332 g/mol. The number of hydrazone groups is 1. The van der Waals surface area contributed by atoms with Gasteiger partial charge in [-0.25, -0.2) is 0 Å². The number of Topliss-reactive ketones (excluding diaryl/α,β-unsaturated/α-hetero) is 1. The molecule has 2 heterocycles. The first kappa shape index (κ1) is 15.6. The molecule has 0 radical (unpaired) electrons. The van der Waals surface area contributed by atoms with Crippen LogP contribution in [0, 0.1) is 0 Å². The van der Waals surface area contributed by atoms with Crippen molar-refractivity contribution in [1.82, 2.24) is 5.01 Å². The lowest BCUT2D eigenvalue weighted by Gasteiger charge is -2.05. The Labute approximate surface area is 142 Å². The topological polar surface area (TPSA) is 62.9 Å². The van der Waals surface area contributed by atoms with E-state index in [0.717, 1.165) is 5.56 Å². The maximum atomic E-state index is 11.6. The van der Waals surface area contributed by atoms with E-state index in [1.165, 1.54) is 29.9 Å². The Bertz CT molecular complexity index is 793. The second-order valence-corrected chi connectivity index (χ2v) is 6.45. The predicted molar refractivity (Wildman–Crippen MR) is 93.6 cm³/mol. The van der Waals surface area contributed by atoms with Gasteiger partial charge in [-0.3, -0.25) is 9.59 Å². The lowest BCUT2D eigenvalue weighted by atomic mass is 10.1. The molecule has 1 fully saturated rings. The first-order chi connectivity index (χ1) is 11.0. The highest BCUT2D eigenvalue weighted by molar-refractivity contribution is 8.23. The molecule has 1 amide bonds. The number of hydrogen-bond donors (Lipinski definition) is 0. The smallest absolute Gasteiger partial charge is 0.259 e. The van der Waals surface area contributed by atoms with Crippen LogP contribution in [0.15, 0.2) is 45.9 Å². The Morgan fingerprint density at radius 1 is 1.30 bits per heavy atom. The second-order valence-electron chi connectivity index (χ2n) is 4.84.